The van der Waals surface area contributed by atoms with Crippen molar-refractivity contribution >= 4 is 26.7 Å². The molecule has 0 amide bonds. The number of fused-ring (bicyclic) bond motifs is 2. The number of benzene rings is 2. The van der Waals surface area contributed by atoms with Crippen molar-refractivity contribution in [1.82, 2.24) is 0 Å². The van der Waals surface area contributed by atoms with Gasteiger partial charge in [-0.3, -0.25) is 0 Å². The normalized spacial score (nSPS) is 14.0. The molecule has 0 radical (unpaired) electrons. The van der Waals surface area contributed by atoms with Crippen LogP contribution in [0.15, 0.2) is 50.5 Å². The van der Waals surface area contributed by atoms with Gasteiger partial charge in [0, 0.05) is 30.2 Å². The lowest BCUT2D eigenvalue weighted by atomic mass is 10.0. The Morgan fingerprint density at radius 2 is 1.85 bits per heavy atom. The fourth-order valence-electron chi connectivity index (χ4n) is 3.61. The van der Waals surface area contributed by atoms with Gasteiger partial charge in [-0.05, 0) is 72.9 Å². The molecule has 0 bridgehead atoms. The third-order valence-electron chi connectivity index (χ3n) is 5.18. The first kappa shape index (κ1) is 17.8. The van der Waals surface area contributed by atoms with Gasteiger partial charge in [0.05, 0.1) is 4.90 Å². The molecule has 0 aliphatic carbocycles. The second kappa shape index (κ2) is 6.21. The molecule has 1 aliphatic rings. The number of nitrogens with zero attached hydrogens (tertiary/aromatic N) is 1. The van der Waals surface area contributed by atoms with Gasteiger partial charge in [0.1, 0.15) is 5.58 Å². The fraction of sp³-hybridized carbons (Fsp3) is 0.250. The molecule has 3 aromatic rings. The van der Waals surface area contributed by atoms with Crippen molar-refractivity contribution in [2.24, 2.45) is 5.14 Å². The highest BCUT2D eigenvalue weighted by atomic mass is 32.2. The van der Waals surface area contributed by atoms with Gasteiger partial charge in [0.25, 0.3) is 0 Å². The Morgan fingerprint density at radius 3 is 2.59 bits per heavy atom. The quantitative estimate of drug-likeness (QED) is 0.701. The maximum Gasteiger partial charge on any atom is 0.336 e. The second-order valence-electron chi connectivity index (χ2n) is 7.03. The molecule has 140 valence electrons. The molecular weight excluding hydrogens is 364 g/mol. The molecule has 0 fully saturated rings. The first-order valence-electron chi connectivity index (χ1n) is 8.67. The molecule has 7 heteroatoms. The molecule has 6 nitrogen and oxygen atoms in total. The minimum Gasteiger partial charge on any atom is -0.423 e. The van der Waals surface area contributed by atoms with Gasteiger partial charge in [0.15, 0.2) is 0 Å². The maximum absolute atomic E-state index is 12.0. The number of nitrogens with two attached hydrogens (primary N) is 1. The Hall–Kier alpha value is -2.64. The number of hydrogen-bond acceptors (Lipinski definition) is 5. The SMILES string of the molecule is Cc1cc2oc(=O)cc(CN3CCc4cc(S(N)(=O)=O)ccc43)c2cc1C. The summed E-state index contributed by atoms with van der Waals surface area (Å²) in [7, 11) is -3.72. The molecule has 2 N–H and O–H groups in total. The van der Waals surface area contributed by atoms with Gasteiger partial charge in [0.2, 0.25) is 10.0 Å². The lowest BCUT2D eigenvalue weighted by Crippen LogP contribution is -2.21. The van der Waals surface area contributed by atoms with Crippen molar-refractivity contribution in [2.45, 2.75) is 31.7 Å². The summed E-state index contributed by atoms with van der Waals surface area (Å²) in [5.74, 6) is 0. The summed E-state index contributed by atoms with van der Waals surface area (Å²) in [6, 6.07) is 10.4. The molecule has 0 saturated carbocycles. The van der Waals surface area contributed by atoms with Crippen LogP contribution in [0.25, 0.3) is 11.0 Å². The van der Waals surface area contributed by atoms with Crippen molar-refractivity contribution in [3.63, 3.8) is 0 Å². The average molecular weight is 384 g/mol. The number of rotatable bonds is 3. The predicted octanol–water partition coefficient (Wildman–Crippen LogP) is 2.62. The van der Waals surface area contributed by atoms with Crippen LogP contribution in [0.2, 0.25) is 0 Å². The van der Waals surface area contributed by atoms with Crippen molar-refractivity contribution in [1.29, 1.82) is 0 Å². The smallest absolute Gasteiger partial charge is 0.336 e. The molecule has 2 heterocycles. The summed E-state index contributed by atoms with van der Waals surface area (Å²) in [5, 5.41) is 6.15. The lowest BCUT2D eigenvalue weighted by molar-refractivity contribution is 0.558. The minimum absolute atomic E-state index is 0.125. The topological polar surface area (TPSA) is 93.6 Å². The zero-order valence-electron chi connectivity index (χ0n) is 15.2. The van der Waals surface area contributed by atoms with Gasteiger partial charge < -0.3 is 9.32 Å². The molecule has 2 aromatic carbocycles. The van der Waals surface area contributed by atoms with Crippen LogP contribution in [-0.4, -0.2) is 15.0 Å². The third-order valence-corrected chi connectivity index (χ3v) is 6.09. The van der Waals surface area contributed by atoms with Gasteiger partial charge in [-0.25, -0.2) is 18.4 Å². The summed E-state index contributed by atoms with van der Waals surface area (Å²) in [6.45, 7) is 5.31. The van der Waals surface area contributed by atoms with E-state index in [-0.39, 0.29) is 10.5 Å². The van der Waals surface area contributed by atoms with Crippen LogP contribution in [0, 0.1) is 13.8 Å². The van der Waals surface area contributed by atoms with E-state index in [2.05, 4.69) is 4.90 Å². The molecule has 27 heavy (non-hydrogen) atoms. The van der Waals surface area contributed by atoms with Crippen molar-refractivity contribution in [3.8, 4) is 0 Å². The average Bonchev–Trinajstić information content (AvgIpc) is 2.98. The van der Waals surface area contributed by atoms with Crippen molar-refractivity contribution < 1.29 is 12.8 Å². The van der Waals surface area contributed by atoms with E-state index in [1.807, 2.05) is 26.0 Å². The van der Waals surface area contributed by atoms with Crippen LogP contribution in [0.3, 0.4) is 0 Å². The Morgan fingerprint density at radius 1 is 1.11 bits per heavy atom. The molecule has 1 aliphatic heterocycles. The van der Waals surface area contributed by atoms with E-state index in [1.165, 1.54) is 12.1 Å². The monoisotopic (exact) mass is 384 g/mol. The first-order chi connectivity index (χ1) is 12.7. The minimum atomic E-state index is -3.72. The Labute approximate surface area is 157 Å². The van der Waals surface area contributed by atoms with E-state index >= 15 is 0 Å². The van der Waals surface area contributed by atoms with Crippen molar-refractivity contribution in [3.05, 3.63) is 69.1 Å². The van der Waals surface area contributed by atoms with Gasteiger partial charge in [-0.1, -0.05) is 0 Å². The zero-order chi connectivity index (χ0) is 19.3. The number of sulfonamides is 1. The summed E-state index contributed by atoms with van der Waals surface area (Å²) >= 11 is 0. The standard InChI is InChI=1S/C20H20N2O4S/c1-12-7-17-15(10-20(23)26-19(17)8-13(12)2)11-22-6-5-14-9-16(27(21,24)25)3-4-18(14)22/h3-4,7-10H,5-6,11H2,1-2H3,(H2,21,24,25). The number of primary sulfonamides is 1. The van der Waals surface area contributed by atoms with E-state index in [4.69, 9.17) is 9.56 Å². The van der Waals surface area contributed by atoms with Crippen LogP contribution >= 0.6 is 0 Å². The summed E-state index contributed by atoms with van der Waals surface area (Å²) < 4.78 is 28.5. The van der Waals surface area contributed by atoms with Crippen LogP contribution in [0.4, 0.5) is 5.69 Å². The Kier molecular flexibility index (Phi) is 4.09. The molecule has 0 saturated heterocycles. The summed E-state index contributed by atoms with van der Waals surface area (Å²) in [6.07, 6.45) is 0.732. The molecule has 4 rings (SSSR count). The van der Waals surface area contributed by atoms with Crippen LogP contribution in [-0.2, 0) is 23.0 Å². The molecular formula is C20H20N2O4S. The summed E-state index contributed by atoms with van der Waals surface area (Å²) in [4.78, 5) is 14.3. The van der Waals surface area contributed by atoms with E-state index in [9.17, 15) is 13.2 Å². The van der Waals surface area contributed by atoms with E-state index in [1.54, 1.807) is 12.1 Å². The van der Waals surface area contributed by atoms with Gasteiger partial charge >= 0.3 is 5.63 Å². The zero-order valence-corrected chi connectivity index (χ0v) is 16.0. The largest absolute Gasteiger partial charge is 0.423 e. The molecule has 0 spiro atoms. The second-order valence-corrected chi connectivity index (χ2v) is 8.59. The van der Waals surface area contributed by atoms with Gasteiger partial charge in [-0.15, -0.1) is 0 Å². The van der Waals surface area contributed by atoms with Gasteiger partial charge in [-0.2, -0.15) is 0 Å². The number of hydrogen-bond donors (Lipinski definition) is 1. The van der Waals surface area contributed by atoms with E-state index in [0.29, 0.717) is 12.1 Å². The first-order valence-corrected chi connectivity index (χ1v) is 10.2. The third kappa shape index (κ3) is 3.24. The van der Waals surface area contributed by atoms with Crippen molar-refractivity contribution in [2.75, 3.05) is 11.4 Å². The summed E-state index contributed by atoms with van der Waals surface area (Å²) in [5.41, 5.74) is 5.23. The molecule has 0 unspecified atom stereocenters. The number of aryl methyl sites for hydroxylation is 2. The number of anilines is 1. The highest BCUT2D eigenvalue weighted by Gasteiger charge is 2.22. The van der Waals surface area contributed by atoms with E-state index in [0.717, 1.165) is 46.3 Å². The van der Waals surface area contributed by atoms with Crippen LogP contribution in [0.1, 0.15) is 22.3 Å². The van der Waals surface area contributed by atoms with Crippen LogP contribution < -0.4 is 15.7 Å². The fourth-order valence-corrected chi connectivity index (χ4v) is 4.17. The highest BCUT2D eigenvalue weighted by molar-refractivity contribution is 7.89. The lowest BCUT2D eigenvalue weighted by Gasteiger charge is -2.20. The highest BCUT2D eigenvalue weighted by Crippen LogP contribution is 2.32. The molecule has 0 atom stereocenters. The van der Waals surface area contributed by atoms with Crippen LogP contribution in [0.5, 0.6) is 0 Å². The van der Waals surface area contributed by atoms with E-state index < -0.39 is 10.0 Å². The Balaban J connectivity index is 1.75. The maximum atomic E-state index is 12.0. The Bertz CT molecular complexity index is 1230. The predicted molar refractivity (Wildman–Crippen MR) is 105 cm³/mol. The molecule has 1 aromatic heterocycles.